The Labute approximate surface area is 435 Å². The van der Waals surface area contributed by atoms with Gasteiger partial charge in [0.1, 0.15) is 0 Å². The fourth-order valence-corrected chi connectivity index (χ4v) is 12.8. The Kier molecular flexibility index (Phi) is 31.5. The van der Waals surface area contributed by atoms with Crippen LogP contribution in [0.1, 0.15) is 296 Å². The van der Waals surface area contributed by atoms with Crippen molar-refractivity contribution in [3.05, 3.63) is 60.3 Å². The summed E-state index contributed by atoms with van der Waals surface area (Å²) in [5, 5.41) is 3.06. The predicted octanol–water partition coefficient (Wildman–Crippen LogP) is 21.4. The summed E-state index contributed by atoms with van der Waals surface area (Å²) in [6.07, 6.45) is 56.2. The summed E-state index contributed by atoms with van der Waals surface area (Å²) in [7, 11) is 0. The van der Waals surface area contributed by atoms with Crippen LogP contribution in [-0.4, -0.2) is 8.80 Å². The summed E-state index contributed by atoms with van der Waals surface area (Å²) >= 11 is 7.90. The topological polar surface area (TPSA) is 25.9 Å². The van der Waals surface area contributed by atoms with E-state index in [4.69, 9.17) is 6.58 Å². The first kappa shape index (κ1) is 59.0. The van der Waals surface area contributed by atoms with Gasteiger partial charge in [0.05, 0.1) is 25.6 Å². The van der Waals surface area contributed by atoms with Gasteiger partial charge in [-0.05, 0) is 91.9 Å². The minimum absolute atomic E-state index is 0.134. The van der Waals surface area contributed by atoms with Crippen molar-refractivity contribution in [2.75, 3.05) is 0 Å². The molecule has 2 unspecified atom stereocenters. The first-order valence-electron chi connectivity index (χ1n) is 29.8. The summed E-state index contributed by atoms with van der Waals surface area (Å²) in [6, 6.07) is 8.81. The van der Waals surface area contributed by atoms with Crippen molar-refractivity contribution in [2.45, 2.75) is 297 Å². The molecule has 4 heterocycles. The van der Waals surface area contributed by atoms with E-state index < -0.39 is 0 Å². The van der Waals surface area contributed by atoms with E-state index in [2.05, 4.69) is 88.2 Å². The highest BCUT2D eigenvalue weighted by atomic mass is 79.9. The summed E-state index contributed by atoms with van der Waals surface area (Å²) < 4.78 is 6.31. The Bertz CT molecular complexity index is 1870. The fourth-order valence-electron chi connectivity index (χ4n) is 11.8. The number of rotatable bonds is 44. The van der Waals surface area contributed by atoms with E-state index in [0.29, 0.717) is 11.8 Å². The van der Waals surface area contributed by atoms with Crippen LogP contribution in [0, 0.1) is 11.8 Å². The Balaban J connectivity index is 1.63. The molecular weight excluding hydrogens is 961 g/mol. The van der Waals surface area contributed by atoms with E-state index in [1.54, 1.807) is 0 Å². The Morgan fingerprint density at radius 3 is 0.971 bits per heavy atom. The highest BCUT2D eigenvalue weighted by Gasteiger charge is 2.25. The molecule has 0 amide bonds. The second-order valence-corrected chi connectivity index (χ2v) is 23.4. The van der Waals surface area contributed by atoms with Gasteiger partial charge in [0.15, 0.2) is 0 Å². The molecule has 0 bridgehead atoms. The number of aromatic nitrogens is 2. The SMILES string of the molecule is C=c1c2c(CC(CCCCCCCCCC)CCCCCCCCCCCC)c3ccc(Br)n3c(=O)c2c(CC(CCCCCCCCCC)CCCCCCCCCCCC)c2ccc(Br)n12. The molecule has 4 rings (SSSR count). The van der Waals surface area contributed by atoms with E-state index in [1.165, 1.54) is 273 Å². The molecule has 4 aromatic heterocycles. The number of hydrogen-bond acceptors (Lipinski definition) is 1. The van der Waals surface area contributed by atoms with Gasteiger partial charge < -0.3 is 4.40 Å². The monoisotopic (exact) mass is 1060 g/mol. The second-order valence-electron chi connectivity index (χ2n) is 21.8. The smallest absolute Gasteiger partial charge is 0.264 e. The minimum atomic E-state index is 0.134. The van der Waals surface area contributed by atoms with Gasteiger partial charge >= 0.3 is 0 Å². The van der Waals surface area contributed by atoms with Crippen LogP contribution in [-0.2, 0) is 12.8 Å². The zero-order valence-electron chi connectivity index (χ0n) is 44.9. The third-order valence-electron chi connectivity index (χ3n) is 16.0. The van der Waals surface area contributed by atoms with Crippen LogP contribution < -0.4 is 10.9 Å². The molecule has 0 aliphatic heterocycles. The molecule has 386 valence electrons. The third-order valence-corrected chi connectivity index (χ3v) is 17.2. The quantitative estimate of drug-likeness (QED) is 0.0405. The predicted molar refractivity (Wildman–Crippen MR) is 310 cm³/mol. The largest absolute Gasteiger partial charge is 0.304 e. The van der Waals surface area contributed by atoms with Gasteiger partial charge in [0, 0.05) is 10.7 Å². The van der Waals surface area contributed by atoms with Gasteiger partial charge in [-0.25, -0.2) is 0 Å². The average molecular weight is 1070 g/mol. The van der Waals surface area contributed by atoms with E-state index in [-0.39, 0.29) is 5.56 Å². The number of nitrogens with zero attached hydrogens (tertiary/aromatic N) is 2. The van der Waals surface area contributed by atoms with Gasteiger partial charge in [-0.2, -0.15) is 0 Å². The Morgan fingerprint density at radius 1 is 0.382 bits per heavy atom. The molecule has 0 spiro atoms. The van der Waals surface area contributed by atoms with Crippen molar-refractivity contribution in [3.63, 3.8) is 0 Å². The number of halogens is 2. The van der Waals surface area contributed by atoms with Crippen LogP contribution in [0.5, 0.6) is 0 Å². The number of hydrogen-bond donors (Lipinski definition) is 0. The molecule has 4 aromatic rings. The van der Waals surface area contributed by atoms with Crippen molar-refractivity contribution < 1.29 is 0 Å². The summed E-state index contributed by atoms with van der Waals surface area (Å²) in [5.41, 5.74) is 5.00. The van der Waals surface area contributed by atoms with Crippen LogP contribution in [0.25, 0.3) is 28.4 Å². The molecular formula is C63H104Br2N2O. The lowest BCUT2D eigenvalue weighted by atomic mass is 9.84. The maximum absolute atomic E-state index is 15.3. The molecule has 0 aliphatic carbocycles. The van der Waals surface area contributed by atoms with Crippen molar-refractivity contribution in [1.82, 2.24) is 8.80 Å². The molecule has 0 saturated heterocycles. The van der Waals surface area contributed by atoms with Gasteiger partial charge in [0.2, 0.25) is 0 Å². The molecule has 0 N–H and O–H groups in total. The van der Waals surface area contributed by atoms with Crippen LogP contribution in [0.2, 0.25) is 0 Å². The number of pyridine rings is 2. The van der Waals surface area contributed by atoms with Crippen LogP contribution in [0.4, 0.5) is 0 Å². The zero-order valence-corrected chi connectivity index (χ0v) is 48.1. The van der Waals surface area contributed by atoms with Crippen LogP contribution in [0.15, 0.2) is 38.3 Å². The standard InChI is InChI=1S/C63H104Br2N2O/c1-6-10-14-18-22-26-28-32-36-39-43-53(42-38-34-30-24-20-16-12-8-3)50-55-58-47-49-60(65)67(58)63(68)62-56(57-46-48-59(64)66(57)52(5)61(55)62)51-54(44-40-35-31-25-21-17-13-9-4)45-41-37-33-29-27-23-19-15-11-7-2/h46-49,53-54H,5-45,50-51H2,1-4H3. The normalized spacial score (nSPS) is 13.0. The number of fused-ring (bicyclic) bond motifs is 3. The first-order valence-corrected chi connectivity index (χ1v) is 31.4. The molecule has 5 heteroatoms. The van der Waals surface area contributed by atoms with Gasteiger partial charge in [-0.1, -0.05) is 291 Å². The highest BCUT2D eigenvalue weighted by Crippen LogP contribution is 2.35. The van der Waals surface area contributed by atoms with Gasteiger partial charge in [-0.3, -0.25) is 9.20 Å². The Hall–Kier alpha value is -1.59. The lowest BCUT2D eigenvalue weighted by molar-refractivity contribution is 0.400. The molecule has 3 nitrogen and oxygen atoms in total. The van der Waals surface area contributed by atoms with Crippen molar-refractivity contribution in [1.29, 1.82) is 0 Å². The van der Waals surface area contributed by atoms with E-state index in [9.17, 15) is 0 Å². The molecule has 0 saturated carbocycles. The van der Waals surface area contributed by atoms with Gasteiger partial charge in [0.25, 0.3) is 5.56 Å². The summed E-state index contributed by atoms with van der Waals surface area (Å²) in [5.74, 6) is 1.17. The van der Waals surface area contributed by atoms with Gasteiger partial charge in [-0.15, -0.1) is 0 Å². The number of unbranched alkanes of at least 4 members (excludes halogenated alkanes) is 32. The van der Waals surface area contributed by atoms with Crippen molar-refractivity contribution >= 4 is 60.2 Å². The van der Waals surface area contributed by atoms with Crippen LogP contribution >= 0.6 is 31.9 Å². The summed E-state index contributed by atoms with van der Waals surface area (Å²) in [6.45, 7) is 14.1. The molecule has 2 atom stereocenters. The van der Waals surface area contributed by atoms with Crippen molar-refractivity contribution in [2.24, 2.45) is 11.8 Å². The maximum atomic E-state index is 15.3. The highest BCUT2D eigenvalue weighted by molar-refractivity contribution is 9.10. The zero-order chi connectivity index (χ0) is 48.6. The third kappa shape index (κ3) is 20.5. The summed E-state index contributed by atoms with van der Waals surface area (Å²) in [4.78, 5) is 15.3. The molecule has 0 aromatic carbocycles. The minimum Gasteiger partial charge on any atom is -0.304 e. The van der Waals surface area contributed by atoms with E-state index >= 15 is 4.79 Å². The Morgan fingerprint density at radius 2 is 0.647 bits per heavy atom. The molecule has 0 aliphatic rings. The molecule has 0 fully saturated rings. The van der Waals surface area contributed by atoms with Crippen LogP contribution in [0.3, 0.4) is 0 Å². The molecule has 68 heavy (non-hydrogen) atoms. The fraction of sp³-hybridized carbons (Fsp3) is 0.762. The van der Waals surface area contributed by atoms with E-state index in [0.717, 1.165) is 43.7 Å². The lowest BCUT2D eigenvalue weighted by Crippen LogP contribution is -2.26. The maximum Gasteiger partial charge on any atom is 0.264 e. The second kappa shape index (κ2) is 36.3. The lowest BCUT2D eigenvalue weighted by Gasteiger charge is -2.23. The van der Waals surface area contributed by atoms with Crippen molar-refractivity contribution in [3.8, 4) is 0 Å². The molecule has 0 radical (unpaired) electrons. The first-order chi connectivity index (χ1) is 33.4. The average Bonchev–Trinajstić information content (AvgIpc) is 3.93. The van der Waals surface area contributed by atoms with E-state index in [1.807, 2.05) is 4.40 Å².